The van der Waals surface area contributed by atoms with Crippen LogP contribution in [0.1, 0.15) is 27.2 Å². The molecule has 2 aromatic carbocycles. The third-order valence-electron chi connectivity index (χ3n) is 3.74. The molecule has 1 aromatic heterocycles. The van der Waals surface area contributed by atoms with Crippen LogP contribution in [0.4, 0.5) is 5.69 Å². The highest BCUT2D eigenvalue weighted by Crippen LogP contribution is 2.23. The highest BCUT2D eigenvalue weighted by atomic mass is 79.9. The topological polar surface area (TPSA) is 54.9 Å². The molecule has 0 aliphatic heterocycles. The predicted octanol–water partition coefficient (Wildman–Crippen LogP) is 5.40. The van der Waals surface area contributed by atoms with Crippen molar-refractivity contribution in [1.82, 2.24) is 9.97 Å². The van der Waals surface area contributed by atoms with Gasteiger partial charge in [-0.25, -0.2) is 9.97 Å². The number of hydrogen-bond donors (Lipinski definition) is 1. The Morgan fingerprint density at radius 1 is 1.04 bits per heavy atom. The van der Waals surface area contributed by atoms with Crippen LogP contribution in [-0.2, 0) is 5.75 Å². The van der Waals surface area contributed by atoms with Gasteiger partial charge in [0, 0.05) is 17.6 Å². The molecule has 26 heavy (non-hydrogen) atoms. The van der Waals surface area contributed by atoms with E-state index >= 15 is 0 Å². The molecule has 0 spiro atoms. The minimum Gasteiger partial charge on any atom is -0.321 e. The second-order valence-electron chi connectivity index (χ2n) is 5.94. The number of hydrogen-bond acceptors (Lipinski definition) is 4. The summed E-state index contributed by atoms with van der Waals surface area (Å²) in [6.07, 6.45) is 1.62. The fourth-order valence-corrected chi connectivity index (χ4v) is 3.38. The maximum atomic E-state index is 12.5. The lowest BCUT2D eigenvalue weighted by molar-refractivity contribution is 0.102. The van der Waals surface area contributed by atoms with Crippen LogP contribution in [0.25, 0.3) is 0 Å². The number of anilines is 1. The number of thioether (sulfide) groups is 1. The zero-order valence-electron chi connectivity index (χ0n) is 14.5. The van der Waals surface area contributed by atoms with E-state index in [-0.39, 0.29) is 5.91 Å². The molecule has 1 N–H and O–H groups in total. The molecule has 3 rings (SSSR count). The molecule has 0 radical (unpaired) electrons. The lowest BCUT2D eigenvalue weighted by Gasteiger charge is -2.08. The van der Waals surface area contributed by atoms with Gasteiger partial charge in [-0.2, -0.15) is 0 Å². The van der Waals surface area contributed by atoms with Gasteiger partial charge in [0.05, 0.1) is 4.47 Å². The second kappa shape index (κ2) is 8.47. The molecule has 0 atom stereocenters. The number of rotatable bonds is 5. The third-order valence-corrected chi connectivity index (χ3v) is 5.25. The average molecular weight is 428 g/mol. The Labute approximate surface area is 165 Å². The minimum atomic E-state index is -0.264. The highest BCUT2D eigenvalue weighted by molar-refractivity contribution is 9.10. The largest absolute Gasteiger partial charge is 0.321 e. The Hall–Kier alpha value is -2.18. The van der Waals surface area contributed by atoms with E-state index in [1.165, 1.54) is 22.9 Å². The molecule has 132 valence electrons. The van der Waals surface area contributed by atoms with Crippen molar-refractivity contribution in [2.45, 2.75) is 24.8 Å². The Morgan fingerprint density at radius 3 is 2.31 bits per heavy atom. The van der Waals surface area contributed by atoms with E-state index in [0.29, 0.717) is 15.3 Å². The first-order chi connectivity index (χ1) is 12.5. The van der Waals surface area contributed by atoms with E-state index in [4.69, 9.17) is 0 Å². The number of nitrogens with zero attached hydrogens (tertiary/aromatic N) is 2. The third kappa shape index (κ3) is 4.93. The van der Waals surface area contributed by atoms with Gasteiger partial charge in [0.1, 0.15) is 5.69 Å². The van der Waals surface area contributed by atoms with Crippen molar-refractivity contribution >= 4 is 39.3 Å². The Bertz CT molecular complexity index is 911. The van der Waals surface area contributed by atoms with Crippen molar-refractivity contribution in [3.63, 3.8) is 0 Å². The van der Waals surface area contributed by atoms with Crippen LogP contribution in [0.3, 0.4) is 0 Å². The number of benzene rings is 2. The van der Waals surface area contributed by atoms with Crippen LogP contribution in [0.5, 0.6) is 0 Å². The van der Waals surface area contributed by atoms with Gasteiger partial charge in [-0.05, 0) is 47.5 Å². The fourth-order valence-electron chi connectivity index (χ4n) is 2.24. The first-order valence-corrected chi connectivity index (χ1v) is 9.88. The second-order valence-corrected chi connectivity index (χ2v) is 7.74. The van der Waals surface area contributed by atoms with Crippen molar-refractivity contribution in [2.24, 2.45) is 0 Å². The number of amides is 1. The molecule has 0 aliphatic rings. The normalized spacial score (nSPS) is 10.6. The number of halogens is 1. The first kappa shape index (κ1) is 18.6. The molecular formula is C20H18BrN3OS. The van der Waals surface area contributed by atoms with Crippen LogP contribution >= 0.6 is 27.7 Å². The predicted molar refractivity (Wildman–Crippen MR) is 110 cm³/mol. The summed E-state index contributed by atoms with van der Waals surface area (Å²) < 4.78 is 0.571. The van der Waals surface area contributed by atoms with Crippen molar-refractivity contribution in [3.05, 3.63) is 81.6 Å². The SMILES string of the molecule is Cc1ccc(CSc2ncc(Br)c(C(=O)Nc3ccc(C)cc3)n2)cc1. The van der Waals surface area contributed by atoms with Crippen LogP contribution in [0.15, 0.2) is 64.4 Å². The summed E-state index contributed by atoms with van der Waals surface area (Å²) in [6, 6.07) is 16.0. The van der Waals surface area contributed by atoms with Gasteiger partial charge >= 0.3 is 0 Å². The van der Waals surface area contributed by atoms with Gasteiger partial charge in [0.25, 0.3) is 5.91 Å². The molecule has 1 amide bonds. The van der Waals surface area contributed by atoms with Gasteiger partial charge in [-0.1, -0.05) is 59.3 Å². The Morgan fingerprint density at radius 2 is 1.65 bits per heavy atom. The number of aromatic nitrogens is 2. The van der Waals surface area contributed by atoms with Crippen LogP contribution in [0, 0.1) is 13.8 Å². The summed E-state index contributed by atoms with van der Waals surface area (Å²) in [7, 11) is 0. The van der Waals surface area contributed by atoms with E-state index in [9.17, 15) is 4.79 Å². The lowest BCUT2D eigenvalue weighted by Crippen LogP contribution is -2.15. The van der Waals surface area contributed by atoms with Crippen molar-refractivity contribution in [1.29, 1.82) is 0 Å². The Kier molecular flexibility index (Phi) is 6.06. The quantitative estimate of drug-likeness (QED) is 0.437. The molecule has 0 aliphatic carbocycles. The molecule has 4 nitrogen and oxygen atoms in total. The van der Waals surface area contributed by atoms with Crippen LogP contribution in [-0.4, -0.2) is 15.9 Å². The van der Waals surface area contributed by atoms with E-state index in [1.807, 2.05) is 31.2 Å². The molecule has 0 fully saturated rings. The molecule has 0 saturated carbocycles. The number of carbonyl (C=O) groups excluding carboxylic acids is 1. The molecule has 1 heterocycles. The first-order valence-electron chi connectivity index (χ1n) is 8.10. The fraction of sp³-hybridized carbons (Fsp3) is 0.150. The summed E-state index contributed by atoms with van der Waals surface area (Å²) in [5.41, 5.74) is 4.62. The maximum absolute atomic E-state index is 12.5. The van der Waals surface area contributed by atoms with Gasteiger partial charge < -0.3 is 5.32 Å². The molecule has 0 bridgehead atoms. The van der Waals surface area contributed by atoms with Crippen molar-refractivity contribution in [3.8, 4) is 0 Å². The summed E-state index contributed by atoms with van der Waals surface area (Å²) >= 11 is 4.87. The lowest BCUT2D eigenvalue weighted by atomic mass is 10.2. The van der Waals surface area contributed by atoms with Crippen LogP contribution in [0.2, 0.25) is 0 Å². The summed E-state index contributed by atoms with van der Waals surface area (Å²) in [6.45, 7) is 4.07. The van der Waals surface area contributed by atoms with E-state index in [2.05, 4.69) is 62.4 Å². The highest BCUT2D eigenvalue weighted by Gasteiger charge is 2.14. The van der Waals surface area contributed by atoms with Crippen molar-refractivity contribution in [2.75, 3.05) is 5.32 Å². The van der Waals surface area contributed by atoms with E-state index in [1.54, 1.807) is 6.20 Å². The monoisotopic (exact) mass is 427 g/mol. The number of aryl methyl sites for hydroxylation is 2. The van der Waals surface area contributed by atoms with Gasteiger partial charge in [0.2, 0.25) is 0 Å². The van der Waals surface area contributed by atoms with Gasteiger partial charge in [-0.15, -0.1) is 0 Å². The minimum absolute atomic E-state index is 0.264. The van der Waals surface area contributed by atoms with Crippen LogP contribution < -0.4 is 5.32 Å². The van der Waals surface area contributed by atoms with E-state index in [0.717, 1.165) is 17.0 Å². The van der Waals surface area contributed by atoms with Gasteiger partial charge in [-0.3, -0.25) is 4.79 Å². The van der Waals surface area contributed by atoms with Crippen molar-refractivity contribution < 1.29 is 4.79 Å². The maximum Gasteiger partial charge on any atom is 0.275 e. The molecule has 3 aromatic rings. The number of carbonyl (C=O) groups is 1. The smallest absolute Gasteiger partial charge is 0.275 e. The molecule has 6 heteroatoms. The zero-order valence-corrected chi connectivity index (χ0v) is 16.9. The standard InChI is InChI=1S/C20H18BrN3OS/c1-13-3-7-15(8-4-13)12-26-20-22-11-17(21)18(24-20)19(25)23-16-9-5-14(2)6-10-16/h3-11H,12H2,1-2H3,(H,23,25). The van der Waals surface area contributed by atoms with Gasteiger partial charge in [0.15, 0.2) is 5.16 Å². The molecule has 0 saturated heterocycles. The average Bonchev–Trinajstić information content (AvgIpc) is 2.64. The molecule has 0 unspecified atom stereocenters. The summed E-state index contributed by atoms with van der Waals surface area (Å²) in [5, 5.41) is 3.44. The summed E-state index contributed by atoms with van der Waals surface area (Å²) in [5.74, 6) is 0.487. The summed E-state index contributed by atoms with van der Waals surface area (Å²) in [4.78, 5) is 21.3. The van der Waals surface area contributed by atoms with E-state index < -0.39 is 0 Å². The Balaban J connectivity index is 1.71. The zero-order chi connectivity index (χ0) is 18.5. The molecular weight excluding hydrogens is 410 g/mol. The number of nitrogens with one attached hydrogen (secondary N) is 1.